The van der Waals surface area contributed by atoms with Crippen LogP contribution >= 0.6 is 0 Å². The molecule has 4 aliphatic carbocycles. The van der Waals surface area contributed by atoms with E-state index in [0.717, 1.165) is 19.3 Å². The number of morpholine rings is 1. The molecular formula is C21H28N2O4S. The lowest BCUT2D eigenvalue weighted by atomic mass is 9.49. The molecule has 4 bridgehead atoms. The Bertz CT molecular complexity index is 841. The Hall–Kier alpha value is -1.44. The number of nitrogens with one attached hydrogen (secondary N) is 1. The van der Waals surface area contributed by atoms with Gasteiger partial charge in [-0.1, -0.05) is 6.07 Å². The van der Waals surface area contributed by atoms with Gasteiger partial charge in [0.15, 0.2) is 0 Å². The molecule has 6 rings (SSSR count). The Labute approximate surface area is 166 Å². The molecule has 1 amide bonds. The van der Waals surface area contributed by atoms with E-state index in [1.807, 2.05) is 0 Å². The maximum atomic E-state index is 13.2. The van der Waals surface area contributed by atoms with Crippen molar-refractivity contribution in [1.82, 2.24) is 4.31 Å². The second-order valence-electron chi connectivity index (χ2n) is 9.20. The van der Waals surface area contributed by atoms with Crippen molar-refractivity contribution in [1.29, 1.82) is 0 Å². The summed E-state index contributed by atoms with van der Waals surface area (Å²) in [5, 5.41) is 3.07. The molecule has 28 heavy (non-hydrogen) atoms. The number of carbonyl (C=O) groups is 1. The highest BCUT2D eigenvalue weighted by atomic mass is 32.2. The van der Waals surface area contributed by atoms with E-state index in [-0.39, 0.29) is 16.2 Å². The molecule has 1 aromatic rings. The van der Waals surface area contributed by atoms with Crippen molar-refractivity contribution in [3.63, 3.8) is 0 Å². The fourth-order valence-electron chi connectivity index (χ4n) is 6.32. The number of amides is 1. The Morgan fingerprint density at radius 3 is 2.25 bits per heavy atom. The van der Waals surface area contributed by atoms with Gasteiger partial charge < -0.3 is 10.1 Å². The van der Waals surface area contributed by atoms with Crippen molar-refractivity contribution < 1.29 is 17.9 Å². The predicted molar refractivity (Wildman–Crippen MR) is 105 cm³/mol. The molecule has 6 nitrogen and oxygen atoms in total. The third-order valence-electron chi connectivity index (χ3n) is 7.22. The molecule has 0 unspecified atom stereocenters. The SMILES string of the molecule is O=C(Nc1cccc(S(=O)(=O)N2CCOCC2)c1)C12CC3CC(CC(C3)C1)C2. The summed E-state index contributed by atoms with van der Waals surface area (Å²) in [6.07, 6.45) is 6.86. The van der Waals surface area contributed by atoms with Crippen molar-refractivity contribution in [2.45, 2.75) is 43.4 Å². The highest BCUT2D eigenvalue weighted by Gasteiger charge is 2.54. The van der Waals surface area contributed by atoms with E-state index in [4.69, 9.17) is 4.74 Å². The normalized spacial score (nSPS) is 35.1. The van der Waals surface area contributed by atoms with E-state index in [9.17, 15) is 13.2 Å². The van der Waals surface area contributed by atoms with Gasteiger partial charge in [-0.05, 0) is 74.5 Å². The fraction of sp³-hybridized carbons (Fsp3) is 0.667. The second kappa shape index (κ2) is 6.82. The largest absolute Gasteiger partial charge is 0.379 e. The van der Waals surface area contributed by atoms with Crippen LogP contribution in [0.1, 0.15) is 38.5 Å². The van der Waals surface area contributed by atoms with Crippen molar-refractivity contribution in [3.05, 3.63) is 24.3 Å². The highest BCUT2D eigenvalue weighted by Crippen LogP contribution is 2.60. The average molecular weight is 405 g/mol. The Morgan fingerprint density at radius 2 is 1.64 bits per heavy atom. The molecule has 5 fully saturated rings. The number of hydrogen-bond donors (Lipinski definition) is 1. The number of nitrogens with zero attached hydrogens (tertiary/aromatic N) is 1. The summed E-state index contributed by atoms with van der Waals surface area (Å²) in [6.45, 7) is 1.57. The first-order chi connectivity index (χ1) is 13.4. The lowest BCUT2D eigenvalue weighted by molar-refractivity contribution is -0.140. The summed E-state index contributed by atoms with van der Waals surface area (Å²) < 4.78 is 32.5. The summed E-state index contributed by atoms with van der Waals surface area (Å²) in [5.41, 5.74) is 0.337. The molecule has 1 aromatic carbocycles. The molecule has 5 aliphatic rings. The first-order valence-electron chi connectivity index (χ1n) is 10.4. The van der Waals surface area contributed by atoms with Crippen molar-refractivity contribution in [2.75, 3.05) is 31.6 Å². The van der Waals surface area contributed by atoms with Crippen LogP contribution < -0.4 is 5.32 Å². The molecular weight excluding hydrogens is 376 g/mol. The van der Waals surface area contributed by atoms with Crippen molar-refractivity contribution in [2.24, 2.45) is 23.2 Å². The molecule has 4 saturated carbocycles. The zero-order valence-electron chi connectivity index (χ0n) is 16.1. The van der Waals surface area contributed by atoms with Crippen LogP contribution in [0.15, 0.2) is 29.2 Å². The number of ether oxygens (including phenoxy) is 1. The molecule has 1 heterocycles. The van der Waals surface area contributed by atoms with Gasteiger partial charge in [-0.3, -0.25) is 4.79 Å². The van der Waals surface area contributed by atoms with Crippen LogP contribution in [0, 0.1) is 23.2 Å². The first kappa shape index (κ1) is 18.6. The monoisotopic (exact) mass is 404 g/mol. The Balaban J connectivity index is 1.35. The molecule has 1 N–H and O–H groups in total. The molecule has 0 aromatic heterocycles. The molecule has 1 aliphatic heterocycles. The topological polar surface area (TPSA) is 75.7 Å². The molecule has 0 atom stereocenters. The lowest BCUT2D eigenvalue weighted by Gasteiger charge is -2.55. The predicted octanol–water partition coefficient (Wildman–Crippen LogP) is 2.86. The van der Waals surface area contributed by atoms with E-state index in [0.29, 0.717) is 49.7 Å². The fourth-order valence-corrected chi connectivity index (χ4v) is 7.78. The highest BCUT2D eigenvalue weighted by molar-refractivity contribution is 7.89. The minimum atomic E-state index is -3.56. The van der Waals surface area contributed by atoms with Crippen LogP contribution in [0.3, 0.4) is 0 Å². The van der Waals surface area contributed by atoms with E-state index in [1.54, 1.807) is 24.3 Å². The molecule has 0 spiro atoms. The van der Waals surface area contributed by atoms with Crippen LogP contribution in [0.25, 0.3) is 0 Å². The maximum Gasteiger partial charge on any atom is 0.243 e. The standard InChI is InChI=1S/C21H28N2O4S/c24-20(21-12-15-8-16(13-21)10-17(9-15)14-21)22-18-2-1-3-19(11-18)28(25,26)23-4-6-27-7-5-23/h1-3,11,15-17H,4-10,12-14H2,(H,22,24). The minimum absolute atomic E-state index is 0.0903. The van der Waals surface area contributed by atoms with Gasteiger partial charge >= 0.3 is 0 Å². The van der Waals surface area contributed by atoms with Crippen molar-refractivity contribution >= 4 is 21.6 Å². The van der Waals surface area contributed by atoms with Crippen molar-refractivity contribution in [3.8, 4) is 0 Å². The van der Waals surface area contributed by atoms with Gasteiger partial charge in [0, 0.05) is 18.8 Å². The third-order valence-corrected chi connectivity index (χ3v) is 9.11. The van der Waals surface area contributed by atoms with Gasteiger partial charge in [-0.25, -0.2) is 8.42 Å². The molecule has 0 radical (unpaired) electrons. The number of anilines is 1. The van der Waals surface area contributed by atoms with E-state index in [2.05, 4.69) is 5.32 Å². The van der Waals surface area contributed by atoms with Crippen LogP contribution in [0.5, 0.6) is 0 Å². The Kier molecular flexibility index (Phi) is 4.52. The number of rotatable bonds is 4. The van der Waals surface area contributed by atoms with E-state index < -0.39 is 10.0 Å². The zero-order chi connectivity index (χ0) is 19.4. The quantitative estimate of drug-likeness (QED) is 0.837. The van der Waals surface area contributed by atoms with Crippen LogP contribution in [0.2, 0.25) is 0 Å². The van der Waals surface area contributed by atoms with Gasteiger partial charge in [-0.15, -0.1) is 0 Å². The third kappa shape index (κ3) is 3.17. The molecule has 7 heteroatoms. The second-order valence-corrected chi connectivity index (χ2v) is 11.1. The summed E-state index contributed by atoms with van der Waals surface area (Å²) in [7, 11) is -3.56. The Morgan fingerprint density at radius 1 is 1.04 bits per heavy atom. The molecule has 152 valence electrons. The van der Waals surface area contributed by atoms with Crippen LogP contribution in [-0.2, 0) is 19.6 Å². The first-order valence-corrected chi connectivity index (χ1v) is 11.9. The van der Waals surface area contributed by atoms with Crippen LogP contribution in [-0.4, -0.2) is 44.9 Å². The summed E-state index contributed by atoms with van der Waals surface area (Å²) in [6, 6.07) is 6.70. The van der Waals surface area contributed by atoms with Gasteiger partial charge in [0.05, 0.1) is 23.5 Å². The van der Waals surface area contributed by atoms with Gasteiger partial charge in [0.2, 0.25) is 15.9 Å². The smallest absolute Gasteiger partial charge is 0.243 e. The summed E-state index contributed by atoms with van der Waals surface area (Å²) in [5.74, 6) is 2.19. The number of benzene rings is 1. The summed E-state index contributed by atoms with van der Waals surface area (Å²) >= 11 is 0. The average Bonchev–Trinajstić information content (AvgIpc) is 2.68. The van der Waals surface area contributed by atoms with Gasteiger partial charge in [0.1, 0.15) is 0 Å². The van der Waals surface area contributed by atoms with Crippen LogP contribution in [0.4, 0.5) is 5.69 Å². The lowest BCUT2D eigenvalue weighted by Crippen LogP contribution is -2.51. The zero-order valence-corrected chi connectivity index (χ0v) is 16.9. The maximum absolute atomic E-state index is 13.2. The minimum Gasteiger partial charge on any atom is -0.379 e. The summed E-state index contributed by atoms with van der Waals surface area (Å²) in [4.78, 5) is 13.5. The number of hydrogen-bond acceptors (Lipinski definition) is 4. The number of sulfonamides is 1. The van der Waals surface area contributed by atoms with Gasteiger partial charge in [-0.2, -0.15) is 4.31 Å². The van der Waals surface area contributed by atoms with E-state index >= 15 is 0 Å². The molecule has 1 saturated heterocycles. The number of carbonyl (C=O) groups excluding carboxylic acids is 1. The van der Waals surface area contributed by atoms with E-state index in [1.165, 1.54) is 23.6 Å². The van der Waals surface area contributed by atoms with Gasteiger partial charge in [0.25, 0.3) is 0 Å².